The van der Waals surface area contributed by atoms with E-state index < -0.39 is 39.9 Å². The molecule has 1 saturated heterocycles. The third-order valence-corrected chi connectivity index (χ3v) is 6.39. The van der Waals surface area contributed by atoms with E-state index in [0.717, 1.165) is 12.8 Å². The predicted molar refractivity (Wildman–Crippen MR) is 97.4 cm³/mol. The molecule has 0 radical (unpaired) electrons. The Kier molecular flexibility index (Phi) is 4.08. The summed E-state index contributed by atoms with van der Waals surface area (Å²) in [6.45, 7) is -0.324. The molecule has 0 bridgehead atoms. The van der Waals surface area contributed by atoms with Gasteiger partial charge in [-0.25, -0.2) is 13.4 Å². The van der Waals surface area contributed by atoms with Gasteiger partial charge in [0.1, 0.15) is 23.7 Å². The van der Waals surface area contributed by atoms with Gasteiger partial charge in [0, 0.05) is 11.8 Å². The second kappa shape index (κ2) is 6.24. The molecule has 2 N–H and O–H groups in total. The molecule has 2 aliphatic rings. The average molecular weight is 405 g/mol. The van der Waals surface area contributed by atoms with Crippen molar-refractivity contribution in [3.05, 3.63) is 30.1 Å². The number of amides is 1. The third-order valence-electron chi connectivity index (χ3n) is 5.01. The maximum atomic E-state index is 15.1. The second-order valence-corrected chi connectivity index (χ2v) is 8.56. The van der Waals surface area contributed by atoms with E-state index in [2.05, 4.69) is 6.07 Å². The molecule has 1 heterocycles. The molecule has 1 aliphatic heterocycles. The van der Waals surface area contributed by atoms with Gasteiger partial charge in [0.2, 0.25) is 0 Å². The maximum absolute atomic E-state index is 15.1. The van der Waals surface area contributed by atoms with Crippen LogP contribution in [0.2, 0.25) is 0 Å². The van der Waals surface area contributed by atoms with Crippen LogP contribution in [-0.2, 0) is 15.0 Å². The molecule has 1 aliphatic carbocycles. The van der Waals surface area contributed by atoms with Crippen molar-refractivity contribution < 1.29 is 27.4 Å². The zero-order valence-electron chi connectivity index (χ0n) is 14.6. The Bertz CT molecular complexity index is 1140. The monoisotopic (exact) mass is 405 g/mol. The van der Waals surface area contributed by atoms with Gasteiger partial charge in [-0.15, -0.1) is 0 Å². The summed E-state index contributed by atoms with van der Waals surface area (Å²) in [6.07, 6.45) is 2.27. The van der Waals surface area contributed by atoms with E-state index in [-0.39, 0.29) is 10.8 Å². The topological polar surface area (TPSA) is 120 Å². The van der Waals surface area contributed by atoms with E-state index in [1.165, 1.54) is 18.2 Å². The Balaban J connectivity index is 1.67. The molecule has 0 atom stereocenters. The lowest BCUT2D eigenvalue weighted by Gasteiger charge is -2.18. The van der Waals surface area contributed by atoms with Crippen LogP contribution in [0.25, 0.3) is 10.8 Å². The SMILES string of the molecule is N#CC1(CCOc2ccc3cc(O)c(N4CC(=O)NS4(=O)=O)c(F)c3c2)CC1. The fourth-order valence-electron chi connectivity index (χ4n) is 3.21. The molecule has 0 unspecified atom stereocenters. The van der Waals surface area contributed by atoms with Crippen molar-refractivity contribution in [1.82, 2.24) is 4.72 Å². The number of halogens is 1. The molecular weight excluding hydrogens is 389 g/mol. The minimum absolute atomic E-state index is 0.0428. The lowest BCUT2D eigenvalue weighted by molar-refractivity contribution is -0.117. The van der Waals surface area contributed by atoms with E-state index >= 15 is 4.39 Å². The number of hydrogen-bond acceptors (Lipinski definition) is 6. The van der Waals surface area contributed by atoms with Crippen molar-refractivity contribution in [1.29, 1.82) is 5.26 Å². The zero-order valence-corrected chi connectivity index (χ0v) is 15.4. The first-order chi connectivity index (χ1) is 13.2. The summed E-state index contributed by atoms with van der Waals surface area (Å²) in [5.41, 5.74) is -0.908. The number of nitrogens with zero attached hydrogens (tertiary/aromatic N) is 2. The number of fused-ring (bicyclic) bond motifs is 1. The number of phenols is 1. The first kappa shape index (κ1) is 18.3. The number of rotatable bonds is 5. The van der Waals surface area contributed by atoms with Crippen molar-refractivity contribution >= 4 is 32.6 Å². The molecule has 146 valence electrons. The second-order valence-electron chi connectivity index (χ2n) is 6.97. The van der Waals surface area contributed by atoms with Crippen LogP contribution in [0.3, 0.4) is 0 Å². The fourth-order valence-corrected chi connectivity index (χ4v) is 4.38. The maximum Gasteiger partial charge on any atom is 0.326 e. The molecule has 2 fully saturated rings. The number of benzene rings is 2. The smallest absolute Gasteiger partial charge is 0.326 e. The first-order valence-corrected chi connectivity index (χ1v) is 10.0. The van der Waals surface area contributed by atoms with Crippen molar-refractivity contribution in [2.24, 2.45) is 5.41 Å². The van der Waals surface area contributed by atoms with E-state index in [1.54, 1.807) is 10.8 Å². The molecule has 1 amide bonds. The molecule has 8 nitrogen and oxygen atoms in total. The van der Waals surface area contributed by atoms with Crippen molar-refractivity contribution in [2.45, 2.75) is 19.3 Å². The number of ether oxygens (including phenoxy) is 1. The quantitative estimate of drug-likeness (QED) is 0.784. The highest BCUT2D eigenvalue weighted by Gasteiger charge is 2.42. The van der Waals surface area contributed by atoms with E-state index in [0.29, 0.717) is 28.5 Å². The minimum Gasteiger partial charge on any atom is -0.506 e. The lowest BCUT2D eigenvalue weighted by Crippen LogP contribution is -2.30. The van der Waals surface area contributed by atoms with Crippen LogP contribution in [-0.4, -0.2) is 32.6 Å². The van der Waals surface area contributed by atoms with Gasteiger partial charge in [0.15, 0.2) is 5.82 Å². The molecule has 1 saturated carbocycles. The first-order valence-electron chi connectivity index (χ1n) is 8.57. The van der Waals surface area contributed by atoms with Crippen molar-refractivity contribution in [3.63, 3.8) is 0 Å². The standard InChI is InChI=1S/C18H16FN3O5S/c19-16-13-8-12(27-6-5-18(10-20)3-4-18)2-1-11(13)7-14(23)17(16)22-9-15(24)21-28(22,25)26/h1-2,7-8,23H,3-6,9H2,(H,21,24). The van der Waals surface area contributed by atoms with Gasteiger partial charge in [-0.2, -0.15) is 13.7 Å². The van der Waals surface area contributed by atoms with Crippen LogP contribution in [0.15, 0.2) is 24.3 Å². The van der Waals surface area contributed by atoms with E-state index in [9.17, 15) is 18.3 Å². The molecule has 10 heteroatoms. The molecule has 2 aromatic rings. The highest BCUT2D eigenvalue weighted by Crippen LogP contribution is 2.48. The number of hydrogen-bond donors (Lipinski definition) is 2. The number of anilines is 1. The molecular formula is C18H16FN3O5S. The average Bonchev–Trinajstić information content (AvgIpc) is 3.35. The van der Waals surface area contributed by atoms with Crippen molar-refractivity contribution in [2.75, 3.05) is 17.5 Å². The molecule has 0 spiro atoms. The summed E-state index contributed by atoms with van der Waals surface area (Å²) >= 11 is 0. The summed E-state index contributed by atoms with van der Waals surface area (Å²) in [5.74, 6) is -2.03. The van der Waals surface area contributed by atoms with Crippen LogP contribution < -0.4 is 13.8 Å². The van der Waals surface area contributed by atoms with Crippen LogP contribution >= 0.6 is 0 Å². The van der Waals surface area contributed by atoms with Gasteiger partial charge < -0.3 is 9.84 Å². The predicted octanol–water partition coefficient (Wildman–Crippen LogP) is 1.94. The number of carbonyl (C=O) groups is 1. The van der Waals surface area contributed by atoms with Crippen LogP contribution in [0.1, 0.15) is 19.3 Å². The van der Waals surface area contributed by atoms with Gasteiger partial charge in [0.25, 0.3) is 5.91 Å². The summed E-state index contributed by atoms with van der Waals surface area (Å²) in [6, 6.07) is 8.04. The van der Waals surface area contributed by atoms with Crippen LogP contribution in [0.4, 0.5) is 10.1 Å². The zero-order chi connectivity index (χ0) is 20.1. The number of nitrogens with one attached hydrogen (secondary N) is 1. The molecule has 28 heavy (non-hydrogen) atoms. The Morgan fingerprint density at radius 2 is 2.11 bits per heavy atom. The Labute approximate surface area is 160 Å². The number of nitriles is 1. The van der Waals surface area contributed by atoms with Crippen LogP contribution in [0.5, 0.6) is 11.5 Å². The summed E-state index contributed by atoms with van der Waals surface area (Å²) < 4.78 is 47.0. The van der Waals surface area contributed by atoms with Gasteiger partial charge >= 0.3 is 10.2 Å². The summed E-state index contributed by atoms with van der Waals surface area (Å²) in [4.78, 5) is 11.4. The van der Waals surface area contributed by atoms with Crippen LogP contribution in [0, 0.1) is 22.6 Å². The summed E-state index contributed by atoms with van der Waals surface area (Å²) in [5, 5.41) is 19.6. The van der Waals surface area contributed by atoms with Gasteiger partial charge in [-0.05, 0) is 36.4 Å². The minimum atomic E-state index is -4.27. The Morgan fingerprint density at radius 1 is 1.36 bits per heavy atom. The lowest BCUT2D eigenvalue weighted by atomic mass is 10.1. The molecule has 0 aromatic heterocycles. The number of aromatic hydroxyl groups is 1. The van der Waals surface area contributed by atoms with Gasteiger partial charge in [-0.1, -0.05) is 6.07 Å². The van der Waals surface area contributed by atoms with E-state index in [4.69, 9.17) is 10.00 Å². The molecule has 4 rings (SSSR count). The Hall–Kier alpha value is -3.06. The third kappa shape index (κ3) is 3.07. The van der Waals surface area contributed by atoms with E-state index in [1.807, 2.05) is 0 Å². The highest BCUT2D eigenvalue weighted by molar-refractivity contribution is 7.92. The van der Waals surface area contributed by atoms with Gasteiger partial charge in [-0.3, -0.25) is 4.79 Å². The molecule has 2 aromatic carbocycles. The fraction of sp³-hybridized carbons (Fsp3) is 0.333. The van der Waals surface area contributed by atoms with Gasteiger partial charge in [0.05, 0.1) is 18.1 Å². The largest absolute Gasteiger partial charge is 0.506 e. The van der Waals surface area contributed by atoms with Crippen molar-refractivity contribution in [3.8, 4) is 17.6 Å². The number of carbonyl (C=O) groups excluding carboxylic acids is 1. The normalized spacial score (nSPS) is 19.3. The summed E-state index contributed by atoms with van der Waals surface area (Å²) in [7, 11) is -4.27. The highest BCUT2D eigenvalue weighted by atomic mass is 32.2. The number of phenolic OH excluding ortho intramolecular Hbond substituents is 1. The Morgan fingerprint density at radius 3 is 2.71 bits per heavy atom.